The number of hydrogen-bond donors (Lipinski definition) is 6. The maximum absolute atomic E-state index is 14.7. The molecule has 0 aliphatic carbocycles. The van der Waals surface area contributed by atoms with Crippen LogP contribution in [0.15, 0.2) is 140 Å². The van der Waals surface area contributed by atoms with E-state index in [4.69, 9.17) is 14.5 Å². The van der Waals surface area contributed by atoms with E-state index in [1.807, 2.05) is 116 Å². The smallest absolute Gasteiger partial charge is 0.329 e. The van der Waals surface area contributed by atoms with Crippen molar-refractivity contribution >= 4 is 61.4 Å². The zero-order chi connectivity index (χ0) is 41.2. The molecule has 12 heteroatoms. The molecular weight excluding hydrogens is 757 g/mol. The van der Waals surface area contributed by atoms with Crippen molar-refractivity contribution in [3.8, 4) is 22.8 Å². The molecule has 0 spiro atoms. The highest BCUT2D eigenvalue weighted by atomic mass is 16.5. The Hall–Kier alpha value is -7.86. The van der Waals surface area contributed by atoms with Crippen LogP contribution >= 0.6 is 0 Å². The van der Waals surface area contributed by atoms with Crippen LogP contribution in [0, 0.1) is 0 Å². The van der Waals surface area contributed by atoms with E-state index in [-0.39, 0.29) is 36.6 Å². The van der Waals surface area contributed by atoms with Gasteiger partial charge in [-0.3, -0.25) is 9.59 Å². The number of H-pyrrole nitrogens is 3. The first-order valence-corrected chi connectivity index (χ1v) is 19.5. The fourth-order valence-corrected chi connectivity index (χ4v) is 7.77. The summed E-state index contributed by atoms with van der Waals surface area (Å²) in [6.07, 6.45) is 3.88. The van der Waals surface area contributed by atoms with Crippen molar-refractivity contribution in [1.82, 2.24) is 30.6 Å². The van der Waals surface area contributed by atoms with E-state index in [2.05, 4.69) is 25.6 Å². The Morgan fingerprint density at radius 1 is 0.683 bits per heavy atom. The molecule has 2 atom stereocenters. The van der Waals surface area contributed by atoms with Crippen molar-refractivity contribution in [2.24, 2.45) is 0 Å². The van der Waals surface area contributed by atoms with Crippen molar-refractivity contribution in [3.63, 3.8) is 0 Å². The summed E-state index contributed by atoms with van der Waals surface area (Å²) in [4.78, 5) is 58.0. The van der Waals surface area contributed by atoms with Crippen LogP contribution < -0.4 is 15.4 Å². The second-order valence-electron chi connectivity index (χ2n) is 14.6. The number of aromatic nitrogens is 4. The highest BCUT2D eigenvalue weighted by molar-refractivity contribution is 6.13. The summed E-state index contributed by atoms with van der Waals surface area (Å²) in [5, 5.41) is 19.7. The average molecular weight is 797 g/mol. The molecule has 0 saturated carbocycles. The number of ether oxygens (including phenoxy) is 2. The largest absolute Gasteiger partial charge is 0.504 e. The van der Waals surface area contributed by atoms with Crippen LogP contribution in [0.5, 0.6) is 11.5 Å². The highest BCUT2D eigenvalue weighted by Crippen LogP contribution is 2.36. The Balaban J connectivity index is 1.08. The van der Waals surface area contributed by atoms with Crippen molar-refractivity contribution in [1.29, 1.82) is 0 Å². The Bertz CT molecular complexity index is 3040. The van der Waals surface area contributed by atoms with Gasteiger partial charge in [0.15, 0.2) is 11.5 Å². The number of rotatable bonds is 13. The number of fused-ring (bicyclic) bond motifs is 5. The van der Waals surface area contributed by atoms with Gasteiger partial charge in [-0.25, -0.2) is 9.78 Å². The second-order valence-corrected chi connectivity index (χ2v) is 14.6. The number of carbonyl (C=O) groups excluding carboxylic acids is 3. The molecule has 4 aromatic heterocycles. The number of hydrogen-bond acceptors (Lipinski definition) is 7. The van der Waals surface area contributed by atoms with E-state index in [9.17, 15) is 19.5 Å². The Morgan fingerprint density at radius 3 is 1.98 bits per heavy atom. The van der Waals surface area contributed by atoms with Gasteiger partial charge in [0.2, 0.25) is 5.91 Å². The van der Waals surface area contributed by atoms with Gasteiger partial charge < -0.3 is 40.2 Å². The summed E-state index contributed by atoms with van der Waals surface area (Å²) < 4.78 is 11.2. The summed E-state index contributed by atoms with van der Waals surface area (Å²) in [5.41, 5.74) is 6.81. The zero-order valence-corrected chi connectivity index (χ0v) is 32.5. The van der Waals surface area contributed by atoms with Crippen LogP contribution in [0.4, 0.5) is 0 Å². The van der Waals surface area contributed by atoms with Crippen molar-refractivity contribution in [3.05, 3.63) is 162 Å². The number of carbonyl (C=O) groups is 3. The molecule has 0 bridgehead atoms. The minimum absolute atomic E-state index is 0.0205. The fourth-order valence-electron chi connectivity index (χ4n) is 7.77. The lowest BCUT2D eigenvalue weighted by atomic mass is 10.0. The minimum atomic E-state index is -1.15. The lowest BCUT2D eigenvalue weighted by molar-refractivity contribution is -0.149. The molecule has 0 aliphatic heterocycles. The van der Waals surface area contributed by atoms with E-state index in [1.165, 1.54) is 13.2 Å². The highest BCUT2D eigenvalue weighted by Gasteiger charge is 2.31. The van der Waals surface area contributed by atoms with Gasteiger partial charge in [0, 0.05) is 68.9 Å². The predicted molar refractivity (Wildman–Crippen MR) is 231 cm³/mol. The number of aromatic hydroxyl groups is 1. The number of phenolic OH excluding ortho intramolecular Hbond substituents is 1. The number of methoxy groups -OCH3 is 1. The maximum atomic E-state index is 14.7. The lowest BCUT2D eigenvalue weighted by Crippen LogP contribution is -2.53. The van der Waals surface area contributed by atoms with Crippen LogP contribution in [-0.2, 0) is 33.8 Å². The molecule has 0 fully saturated rings. The molecule has 9 aromatic rings. The summed E-state index contributed by atoms with van der Waals surface area (Å²) >= 11 is 0. The third-order valence-electron chi connectivity index (χ3n) is 10.8. The number of amides is 2. The van der Waals surface area contributed by atoms with Gasteiger partial charge in [-0.15, -0.1) is 0 Å². The van der Waals surface area contributed by atoms with Gasteiger partial charge in [-0.2, -0.15) is 0 Å². The van der Waals surface area contributed by atoms with Gasteiger partial charge in [0.05, 0.1) is 18.3 Å². The Morgan fingerprint density at radius 2 is 1.30 bits per heavy atom. The minimum Gasteiger partial charge on any atom is -0.504 e. The van der Waals surface area contributed by atoms with Gasteiger partial charge in [0.25, 0.3) is 5.91 Å². The first-order chi connectivity index (χ1) is 29.3. The number of aromatic amines is 3. The first-order valence-electron chi connectivity index (χ1n) is 19.5. The standard InChI is InChI=1S/C48H40N6O6/c1-59-43-23-29(19-20-42(43)55)44-45-35(34-15-7-10-18-38(34)51-45)24-40(52-44)47(57)53-39(21-30-25-49-36-16-8-5-13-32(30)36)46(56)54-41(48(58)60-27-28-11-3-2-4-12-28)22-31-26-50-37-17-9-6-14-33(31)37/h2-20,23-26,39,41,49-51,55H,21-22,27H2,1H3,(H,53,57)(H,54,56)/t39-,41-/m0/s1. The molecule has 298 valence electrons. The molecule has 0 aliphatic rings. The Labute approximate surface area is 343 Å². The Kier molecular flexibility index (Phi) is 10.2. The normalized spacial score (nSPS) is 12.4. The maximum Gasteiger partial charge on any atom is 0.329 e. The monoisotopic (exact) mass is 796 g/mol. The number of pyridine rings is 1. The molecule has 5 aromatic carbocycles. The number of para-hydroxylation sites is 3. The topological polar surface area (TPSA) is 174 Å². The molecule has 4 heterocycles. The molecule has 12 nitrogen and oxygen atoms in total. The fraction of sp³-hybridized carbons (Fsp3) is 0.125. The van der Waals surface area contributed by atoms with E-state index in [0.29, 0.717) is 16.8 Å². The molecule has 2 amide bonds. The molecule has 9 rings (SSSR count). The van der Waals surface area contributed by atoms with E-state index >= 15 is 0 Å². The zero-order valence-electron chi connectivity index (χ0n) is 32.5. The molecule has 60 heavy (non-hydrogen) atoms. The number of benzene rings is 5. The first kappa shape index (κ1) is 37.7. The van der Waals surface area contributed by atoms with Crippen LogP contribution in [0.1, 0.15) is 27.2 Å². The number of esters is 1. The predicted octanol–water partition coefficient (Wildman–Crippen LogP) is 7.87. The van der Waals surface area contributed by atoms with E-state index in [1.54, 1.807) is 18.2 Å². The summed E-state index contributed by atoms with van der Waals surface area (Å²) in [6, 6.07) is 36.8. The van der Waals surface area contributed by atoms with Crippen LogP contribution in [0.2, 0.25) is 0 Å². The summed E-state index contributed by atoms with van der Waals surface area (Å²) in [5.74, 6) is -1.59. The number of phenols is 1. The van der Waals surface area contributed by atoms with Gasteiger partial charge >= 0.3 is 5.97 Å². The molecule has 0 unspecified atom stereocenters. The molecular formula is C48H40N6O6. The van der Waals surface area contributed by atoms with Gasteiger partial charge in [-0.1, -0.05) is 84.9 Å². The van der Waals surface area contributed by atoms with Gasteiger partial charge in [-0.05, 0) is 59.2 Å². The van der Waals surface area contributed by atoms with Crippen molar-refractivity contribution < 1.29 is 29.0 Å². The van der Waals surface area contributed by atoms with Crippen molar-refractivity contribution in [2.45, 2.75) is 31.5 Å². The third kappa shape index (κ3) is 7.49. The number of nitrogens with zero attached hydrogens (tertiary/aromatic N) is 1. The molecule has 0 saturated heterocycles. The quantitative estimate of drug-likeness (QED) is 0.0644. The van der Waals surface area contributed by atoms with Crippen LogP contribution in [0.3, 0.4) is 0 Å². The lowest BCUT2D eigenvalue weighted by Gasteiger charge is -2.23. The van der Waals surface area contributed by atoms with Crippen LogP contribution in [0.25, 0.3) is 54.9 Å². The number of nitrogens with one attached hydrogen (secondary N) is 5. The molecule has 0 radical (unpaired) electrons. The average Bonchev–Trinajstić information content (AvgIpc) is 4.00. The van der Waals surface area contributed by atoms with E-state index < -0.39 is 29.9 Å². The third-order valence-corrected chi connectivity index (χ3v) is 10.8. The van der Waals surface area contributed by atoms with Crippen LogP contribution in [-0.4, -0.2) is 62.0 Å². The SMILES string of the molecule is COc1cc(-c2nc(C(=O)N[C@@H](Cc3c[nH]c4ccccc34)C(=O)N[C@@H](Cc3c[nH]c4ccccc34)C(=O)OCc3ccccc3)cc3c2[nH]c2ccccc23)ccc1O. The van der Waals surface area contributed by atoms with E-state index in [0.717, 1.165) is 54.8 Å². The second kappa shape index (κ2) is 16.2. The van der Waals surface area contributed by atoms with Gasteiger partial charge in [0.1, 0.15) is 24.4 Å². The summed E-state index contributed by atoms with van der Waals surface area (Å²) in [7, 11) is 1.46. The summed E-state index contributed by atoms with van der Waals surface area (Å²) in [6.45, 7) is 0.0205. The van der Waals surface area contributed by atoms with Crippen molar-refractivity contribution in [2.75, 3.05) is 7.11 Å². The molecule has 6 N–H and O–H groups in total.